The quantitative estimate of drug-likeness (QED) is 0.625. The highest BCUT2D eigenvalue weighted by Gasteiger charge is 2.62. The first-order valence-corrected chi connectivity index (χ1v) is 11.6. The standard InChI is InChI=1S/C22H24F3N2O3S/c1-5-27(6-2)10-9-21(22(23,24)25)18(11-15(3)12-20(21)28)17-8-7-16(14-26)13-19(17)31(4,29)30/h7-8,11,13H,5-6,9-10H2,1-4H3. The molecule has 167 valence electrons. The molecule has 1 atom stereocenters. The van der Waals surface area contributed by atoms with E-state index >= 15 is 0 Å². The first-order chi connectivity index (χ1) is 14.3. The van der Waals surface area contributed by atoms with Gasteiger partial charge in [0.05, 0.1) is 16.5 Å². The molecule has 1 aromatic carbocycles. The minimum atomic E-state index is -4.99. The number of rotatable bonds is 7. The van der Waals surface area contributed by atoms with Crippen molar-refractivity contribution >= 4 is 21.2 Å². The number of sulfone groups is 1. The molecule has 0 bridgehead atoms. The second-order valence-electron chi connectivity index (χ2n) is 7.47. The summed E-state index contributed by atoms with van der Waals surface area (Å²) in [5.41, 5.74) is -3.44. The van der Waals surface area contributed by atoms with Crippen molar-refractivity contribution in [2.75, 3.05) is 25.9 Å². The van der Waals surface area contributed by atoms with E-state index in [1.165, 1.54) is 25.1 Å². The average molecular weight is 454 g/mol. The predicted molar refractivity (Wildman–Crippen MR) is 111 cm³/mol. The fourth-order valence-corrected chi connectivity index (χ4v) is 4.67. The molecule has 0 spiro atoms. The Kier molecular flexibility index (Phi) is 7.18. The second kappa shape index (κ2) is 8.97. The summed E-state index contributed by atoms with van der Waals surface area (Å²) in [6.07, 6.45) is -1.25. The normalized spacial score (nSPS) is 19.8. The molecule has 31 heavy (non-hydrogen) atoms. The molecular weight excluding hydrogens is 429 g/mol. The Labute approximate surface area is 180 Å². The summed E-state index contributed by atoms with van der Waals surface area (Å²) in [5, 5.41) is 9.13. The molecule has 1 aliphatic carbocycles. The van der Waals surface area contributed by atoms with E-state index in [1.807, 2.05) is 13.8 Å². The lowest BCUT2D eigenvalue weighted by molar-refractivity contribution is -0.203. The fourth-order valence-electron chi connectivity index (χ4n) is 3.75. The number of ketones is 1. The molecule has 1 unspecified atom stereocenters. The summed E-state index contributed by atoms with van der Waals surface area (Å²) >= 11 is 0. The Bertz CT molecular complexity index is 1080. The van der Waals surface area contributed by atoms with Crippen molar-refractivity contribution in [1.29, 1.82) is 5.26 Å². The van der Waals surface area contributed by atoms with E-state index in [-0.39, 0.29) is 23.2 Å². The molecule has 0 heterocycles. The third-order valence-corrected chi connectivity index (χ3v) is 6.64. The van der Waals surface area contributed by atoms with Gasteiger partial charge in [-0.3, -0.25) is 4.79 Å². The van der Waals surface area contributed by atoms with Gasteiger partial charge in [-0.2, -0.15) is 18.4 Å². The monoisotopic (exact) mass is 453 g/mol. The van der Waals surface area contributed by atoms with E-state index in [0.717, 1.165) is 12.3 Å². The summed E-state index contributed by atoms with van der Waals surface area (Å²) in [4.78, 5) is 14.3. The van der Waals surface area contributed by atoms with Crippen LogP contribution in [0.25, 0.3) is 5.57 Å². The highest BCUT2D eigenvalue weighted by Crippen LogP contribution is 2.54. The maximum absolute atomic E-state index is 14.6. The molecular formula is C22H24F3N2O3S. The number of alkyl halides is 3. The van der Waals surface area contributed by atoms with Crippen molar-refractivity contribution in [3.63, 3.8) is 0 Å². The number of Topliss-reactive ketones (excluding diaryl/α,β-unsaturated/α-hetero) is 1. The third-order valence-electron chi connectivity index (χ3n) is 5.50. The van der Waals surface area contributed by atoms with Crippen molar-refractivity contribution in [2.45, 2.75) is 38.3 Å². The van der Waals surface area contributed by atoms with E-state index in [9.17, 15) is 26.4 Å². The van der Waals surface area contributed by atoms with Crippen LogP contribution in [-0.4, -0.2) is 51.2 Å². The van der Waals surface area contributed by atoms with Crippen LogP contribution in [0.3, 0.4) is 0 Å². The highest BCUT2D eigenvalue weighted by molar-refractivity contribution is 7.90. The van der Waals surface area contributed by atoms with Crippen LogP contribution >= 0.6 is 0 Å². The Morgan fingerprint density at radius 3 is 2.32 bits per heavy atom. The predicted octanol–water partition coefficient (Wildman–Crippen LogP) is 3.96. The molecule has 0 fully saturated rings. The molecule has 2 rings (SSSR count). The van der Waals surface area contributed by atoms with Gasteiger partial charge in [0.15, 0.2) is 21.0 Å². The van der Waals surface area contributed by atoms with Crippen molar-refractivity contribution in [1.82, 2.24) is 4.90 Å². The Hall–Kier alpha value is -2.44. The molecule has 1 aliphatic rings. The summed E-state index contributed by atoms with van der Waals surface area (Å²) in [6, 6.07) is 5.26. The number of carbonyl (C=O) groups excluding carboxylic acids is 1. The van der Waals surface area contributed by atoms with Gasteiger partial charge < -0.3 is 4.90 Å². The summed E-state index contributed by atoms with van der Waals surface area (Å²) in [7, 11) is -4.00. The third kappa shape index (κ3) is 4.75. The van der Waals surface area contributed by atoms with E-state index < -0.39 is 44.1 Å². The Balaban J connectivity index is 2.85. The SMILES string of the molecule is CCN(CC)CCC1(C(F)(F)F)C(=O)[C]=C(C)C=C1c1ccc(C#N)cc1S(C)(=O)=O. The molecule has 0 aliphatic heterocycles. The van der Waals surface area contributed by atoms with Gasteiger partial charge in [0.25, 0.3) is 0 Å². The molecule has 0 N–H and O–H groups in total. The maximum atomic E-state index is 14.6. The lowest BCUT2D eigenvalue weighted by atomic mass is 9.67. The largest absolute Gasteiger partial charge is 0.405 e. The number of nitriles is 1. The first kappa shape index (κ1) is 24.8. The summed E-state index contributed by atoms with van der Waals surface area (Å²) < 4.78 is 68.7. The van der Waals surface area contributed by atoms with Crippen molar-refractivity contribution in [3.8, 4) is 6.07 Å². The molecule has 0 amide bonds. The smallest absolute Gasteiger partial charge is 0.304 e. The fraction of sp³-hybridized carbons (Fsp3) is 0.455. The average Bonchev–Trinajstić information content (AvgIpc) is 2.67. The molecule has 1 radical (unpaired) electrons. The molecule has 5 nitrogen and oxygen atoms in total. The van der Waals surface area contributed by atoms with Crippen LogP contribution in [0.5, 0.6) is 0 Å². The number of carbonyl (C=O) groups is 1. The molecule has 0 saturated carbocycles. The van der Waals surface area contributed by atoms with E-state index in [0.29, 0.717) is 13.1 Å². The van der Waals surface area contributed by atoms with Crippen LogP contribution in [0.4, 0.5) is 13.2 Å². The highest BCUT2D eigenvalue weighted by atomic mass is 32.2. The number of hydrogen-bond acceptors (Lipinski definition) is 5. The van der Waals surface area contributed by atoms with Crippen molar-refractivity contribution < 1.29 is 26.4 Å². The zero-order valence-corrected chi connectivity index (χ0v) is 18.6. The number of allylic oxidation sites excluding steroid dienone is 4. The van der Waals surface area contributed by atoms with E-state index in [1.54, 1.807) is 11.0 Å². The van der Waals surface area contributed by atoms with Gasteiger partial charge in [0.1, 0.15) is 0 Å². The zero-order valence-electron chi connectivity index (χ0n) is 17.8. The Morgan fingerprint density at radius 2 is 1.84 bits per heavy atom. The minimum absolute atomic E-state index is 0.00788. The van der Waals surface area contributed by atoms with Crippen LogP contribution in [0.15, 0.2) is 34.7 Å². The van der Waals surface area contributed by atoms with Gasteiger partial charge in [0, 0.05) is 12.3 Å². The lowest BCUT2D eigenvalue weighted by Gasteiger charge is -2.39. The second-order valence-corrected chi connectivity index (χ2v) is 9.45. The number of hydrogen-bond donors (Lipinski definition) is 0. The van der Waals surface area contributed by atoms with Gasteiger partial charge in [0.2, 0.25) is 0 Å². The van der Waals surface area contributed by atoms with Crippen LogP contribution in [0.2, 0.25) is 0 Å². The summed E-state index contributed by atoms with van der Waals surface area (Å²) in [6.45, 7) is 6.04. The van der Waals surface area contributed by atoms with Crippen LogP contribution in [-0.2, 0) is 14.6 Å². The first-order valence-electron chi connectivity index (χ1n) is 9.72. The summed E-state index contributed by atoms with van der Waals surface area (Å²) in [5.74, 6) is -1.24. The van der Waals surface area contributed by atoms with Gasteiger partial charge >= 0.3 is 6.18 Å². The van der Waals surface area contributed by atoms with Crippen LogP contribution < -0.4 is 0 Å². The maximum Gasteiger partial charge on any atom is 0.405 e. The van der Waals surface area contributed by atoms with Crippen molar-refractivity contribution in [2.24, 2.45) is 5.41 Å². The van der Waals surface area contributed by atoms with Gasteiger partial charge in [-0.25, -0.2) is 8.42 Å². The molecule has 0 aromatic heterocycles. The van der Waals surface area contributed by atoms with Gasteiger partial charge in [-0.15, -0.1) is 0 Å². The Morgan fingerprint density at radius 1 is 1.23 bits per heavy atom. The zero-order chi connectivity index (χ0) is 23.6. The topological polar surface area (TPSA) is 78.2 Å². The van der Waals surface area contributed by atoms with Gasteiger partial charge in [-0.05, 0) is 61.8 Å². The number of nitrogens with zero attached hydrogens (tertiary/aromatic N) is 2. The van der Waals surface area contributed by atoms with Gasteiger partial charge in [-0.1, -0.05) is 26.0 Å². The van der Waals surface area contributed by atoms with Crippen molar-refractivity contribution in [3.05, 3.63) is 47.1 Å². The number of benzene rings is 1. The molecule has 1 aromatic rings. The number of halogens is 3. The molecule has 0 saturated heterocycles. The van der Waals surface area contributed by atoms with E-state index in [2.05, 4.69) is 6.08 Å². The minimum Gasteiger partial charge on any atom is -0.304 e. The molecule has 9 heteroatoms. The van der Waals surface area contributed by atoms with E-state index in [4.69, 9.17) is 5.26 Å². The van der Waals surface area contributed by atoms with Crippen LogP contribution in [0.1, 0.15) is 38.3 Å². The lowest BCUT2D eigenvalue weighted by Crippen LogP contribution is -2.49. The van der Waals surface area contributed by atoms with Crippen LogP contribution in [0, 0.1) is 22.8 Å².